The number of methoxy groups -OCH3 is 1. The van der Waals surface area contributed by atoms with Crippen LogP contribution in [0.4, 0.5) is 0 Å². The third kappa shape index (κ3) is 2.24. The molecular formula is C15H13NO2S. The average molecular weight is 271 g/mol. The molecule has 1 unspecified atom stereocenters. The van der Waals surface area contributed by atoms with Crippen LogP contribution in [0.15, 0.2) is 47.5 Å². The number of ether oxygens (including phenoxy) is 1. The Morgan fingerprint density at radius 3 is 2.95 bits per heavy atom. The first-order valence-corrected chi connectivity index (χ1v) is 6.95. The second-order valence-electron chi connectivity index (χ2n) is 4.34. The van der Waals surface area contributed by atoms with Gasteiger partial charge in [0, 0.05) is 11.1 Å². The molecule has 1 atom stereocenters. The van der Waals surface area contributed by atoms with Gasteiger partial charge in [0.25, 0.3) is 0 Å². The molecule has 1 aromatic carbocycles. The summed E-state index contributed by atoms with van der Waals surface area (Å²) in [5, 5.41) is -0.0961. The first kappa shape index (κ1) is 12.2. The fourth-order valence-electron chi connectivity index (χ4n) is 2.22. The number of pyridine rings is 1. The van der Waals surface area contributed by atoms with E-state index in [-0.39, 0.29) is 11.0 Å². The molecule has 0 aliphatic carbocycles. The zero-order chi connectivity index (χ0) is 13.2. The summed E-state index contributed by atoms with van der Waals surface area (Å²) in [5.41, 5.74) is 1.66. The van der Waals surface area contributed by atoms with E-state index in [1.165, 1.54) is 10.5 Å². The SMILES string of the molecule is COc1cccnc1C(=O)C1Cc2ccccc2S1. The molecule has 0 fully saturated rings. The lowest BCUT2D eigenvalue weighted by atomic mass is 10.1. The molecule has 0 spiro atoms. The summed E-state index contributed by atoms with van der Waals surface area (Å²) in [5.74, 6) is 0.586. The Kier molecular flexibility index (Phi) is 3.25. The van der Waals surface area contributed by atoms with E-state index in [2.05, 4.69) is 17.1 Å². The monoisotopic (exact) mass is 271 g/mol. The van der Waals surface area contributed by atoms with Crippen molar-refractivity contribution in [3.05, 3.63) is 53.9 Å². The molecule has 0 saturated heterocycles. The fourth-order valence-corrected chi connectivity index (χ4v) is 3.47. The fraction of sp³-hybridized carbons (Fsp3) is 0.200. The molecule has 0 amide bonds. The zero-order valence-corrected chi connectivity index (χ0v) is 11.3. The summed E-state index contributed by atoms with van der Waals surface area (Å²) in [7, 11) is 1.56. The number of rotatable bonds is 3. The number of carbonyl (C=O) groups excluding carboxylic acids is 1. The molecular weight excluding hydrogens is 258 g/mol. The smallest absolute Gasteiger partial charge is 0.198 e. The third-order valence-electron chi connectivity index (χ3n) is 3.16. The van der Waals surface area contributed by atoms with Crippen molar-refractivity contribution in [2.45, 2.75) is 16.6 Å². The molecule has 3 rings (SSSR count). The highest BCUT2D eigenvalue weighted by Crippen LogP contribution is 2.38. The Morgan fingerprint density at radius 2 is 2.16 bits per heavy atom. The van der Waals surface area contributed by atoms with Gasteiger partial charge in [-0.25, -0.2) is 4.98 Å². The largest absolute Gasteiger partial charge is 0.494 e. The van der Waals surface area contributed by atoms with Gasteiger partial charge in [0.15, 0.2) is 5.78 Å². The first-order chi connectivity index (χ1) is 9.29. The van der Waals surface area contributed by atoms with Gasteiger partial charge in [-0.15, -0.1) is 11.8 Å². The van der Waals surface area contributed by atoms with E-state index in [0.29, 0.717) is 11.4 Å². The van der Waals surface area contributed by atoms with E-state index in [0.717, 1.165) is 6.42 Å². The number of hydrogen-bond donors (Lipinski definition) is 0. The number of Topliss-reactive ketones (excluding diaryl/α,β-unsaturated/α-hetero) is 1. The number of fused-ring (bicyclic) bond motifs is 1. The Balaban J connectivity index is 1.87. The number of hydrogen-bond acceptors (Lipinski definition) is 4. The van der Waals surface area contributed by atoms with Crippen LogP contribution in [0.25, 0.3) is 0 Å². The van der Waals surface area contributed by atoms with Crippen molar-refractivity contribution in [2.75, 3.05) is 7.11 Å². The topological polar surface area (TPSA) is 39.2 Å². The van der Waals surface area contributed by atoms with Gasteiger partial charge in [-0.1, -0.05) is 18.2 Å². The molecule has 2 heterocycles. The van der Waals surface area contributed by atoms with E-state index in [1.807, 2.05) is 12.1 Å². The Morgan fingerprint density at radius 1 is 1.32 bits per heavy atom. The molecule has 1 aliphatic heterocycles. The van der Waals surface area contributed by atoms with E-state index in [4.69, 9.17) is 4.74 Å². The quantitative estimate of drug-likeness (QED) is 0.805. The van der Waals surface area contributed by atoms with Crippen LogP contribution < -0.4 is 4.74 Å². The second-order valence-corrected chi connectivity index (χ2v) is 5.58. The highest BCUT2D eigenvalue weighted by molar-refractivity contribution is 8.01. The van der Waals surface area contributed by atoms with Crippen molar-refractivity contribution in [3.8, 4) is 5.75 Å². The Hall–Kier alpha value is -1.81. The molecule has 96 valence electrons. The summed E-state index contributed by atoms with van der Waals surface area (Å²) in [4.78, 5) is 17.9. The predicted molar refractivity (Wildman–Crippen MR) is 74.9 cm³/mol. The van der Waals surface area contributed by atoms with Crippen molar-refractivity contribution in [1.82, 2.24) is 4.98 Å². The standard InChI is InChI=1S/C15H13NO2S/c1-18-11-6-4-8-16-14(11)15(17)13-9-10-5-2-3-7-12(10)19-13/h2-8,13H,9H2,1H3. The van der Waals surface area contributed by atoms with Crippen molar-refractivity contribution >= 4 is 17.5 Å². The molecule has 2 aromatic rings. The third-order valence-corrected chi connectivity index (χ3v) is 4.48. The number of ketones is 1. The molecule has 0 bridgehead atoms. The normalized spacial score (nSPS) is 17.0. The minimum atomic E-state index is -0.0961. The van der Waals surface area contributed by atoms with E-state index >= 15 is 0 Å². The Bertz CT molecular complexity index is 602. The summed E-state index contributed by atoms with van der Waals surface area (Å²) in [6, 6.07) is 11.7. The minimum Gasteiger partial charge on any atom is -0.494 e. The predicted octanol–water partition coefficient (Wildman–Crippen LogP) is 2.99. The maximum absolute atomic E-state index is 12.5. The number of aromatic nitrogens is 1. The van der Waals surface area contributed by atoms with E-state index < -0.39 is 0 Å². The molecule has 3 nitrogen and oxygen atoms in total. The summed E-state index contributed by atoms with van der Waals surface area (Å²) < 4.78 is 5.21. The van der Waals surface area contributed by atoms with Crippen molar-refractivity contribution in [1.29, 1.82) is 0 Å². The lowest BCUT2D eigenvalue weighted by Gasteiger charge is -2.09. The number of benzene rings is 1. The molecule has 0 radical (unpaired) electrons. The van der Waals surface area contributed by atoms with E-state index in [9.17, 15) is 4.79 Å². The van der Waals surface area contributed by atoms with Crippen LogP contribution in [0.2, 0.25) is 0 Å². The van der Waals surface area contributed by atoms with Gasteiger partial charge in [-0.2, -0.15) is 0 Å². The van der Waals surface area contributed by atoms with Crippen LogP contribution in [0.3, 0.4) is 0 Å². The van der Waals surface area contributed by atoms with Crippen molar-refractivity contribution < 1.29 is 9.53 Å². The van der Waals surface area contributed by atoms with E-state index in [1.54, 1.807) is 37.2 Å². The molecule has 1 aliphatic rings. The van der Waals surface area contributed by atoms with Crippen LogP contribution in [0, 0.1) is 0 Å². The van der Waals surface area contributed by atoms with Gasteiger partial charge >= 0.3 is 0 Å². The van der Waals surface area contributed by atoms with Gasteiger partial charge in [-0.05, 0) is 30.2 Å². The van der Waals surface area contributed by atoms with Gasteiger partial charge in [-0.3, -0.25) is 4.79 Å². The first-order valence-electron chi connectivity index (χ1n) is 6.07. The van der Waals surface area contributed by atoms with Crippen LogP contribution in [0.1, 0.15) is 16.1 Å². The average Bonchev–Trinajstić information content (AvgIpc) is 2.90. The maximum Gasteiger partial charge on any atom is 0.198 e. The Labute approximate surface area is 116 Å². The van der Waals surface area contributed by atoms with Crippen LogP contribution >= 0.6 is 11.8 Å². The molecule has 0 N–H and O–H groups in total. The summed E-state index contributed by atoms with van der Waals surface area (Å²) in [6.45, 7) is 0. The number of carbonyl (C=O) groups is 1. The molecule has 19 heavy (non-hydrogen) atoms. The lowest BCUT2D eigenvalue weighted by Crippen LogP contribution is -2.18. The summed E-state index contributed by atoms with van der Waals surface area (Å²) >= 11 is 1.61. The van der Waals surface area contributed by atoms with Crippen molar-refractivity contribution in [2.24, 2.45) is 0 Å². The van der Waals surface area contributed by atoms with Gasteiger partial charge in [0.05, 0.1) is 12.4 Å². The van der Waals surface area contributed by atoms with Crippen LogP contribution in [0.5, 0.6) is 5.75 Å². The summed E-state index contributed by atoms with van der Waals surface area (Å²) in [6.07, 6.45) is 2.39. The van der Waals surface area contributed by atoms with Gasteiger partial charge in [0.2, 0.25) is 0 Å². The van der Waals surface area contributed by atoms with Crippen LogP contribution in [-0.4, -0.2) is 23.1 Å². The molecule has 1 aromatic heterocycles. The maximum atomic E-state index is 12.5. The number of thioether (sulfide) groups is 1. The number of nitrogens with zero attached hydrogens (tertiary/aromatic N) is 1. The molecule has 0 saturated carbocycles. The van der Waals surface area contributed by atoms with Gasteiger partial charge < -0.3 is 4.74 Å². The van der Waals surface area contributed by atoms with Gasteiger partial charge in [0.1, 0.15) is 11.4 Å². The van der Waals surface area contributed by atoms with Crippen LogP contribution in [-0.2, 0) is 6.42 Å². The lowest BCUT2D eigenvalue weighted by molar-refractivity contribution is 0.0982. The minimum absolute atomic E-state index is 0.0404. The zero-order valence-electron chi connectivity index (χ0n) is 10.5. The second kappa shape index (κ2) is 5.05. The highest BCUT2D eigenvalue weighted by atomic mass is 32.2. The molecule has 4 heteroatoms. The van der Waals surface area contributed by atoms with Crippen molar-refractivity contribution in [3.63, 3.8) is 0 Å². The highest BCUT2D eigenvalue weighted by Gasteiger charge is 2.30.